The van der Waals surface area contributed by atoms with Crippen molar-refractivity contribution in [2.24, 2.45) is 0 Å². The summed E-state index contributed by atoms with van der Waals surface area (Å²) < 4.78 is 0. The number of nitrogens with zero attached hydrogens (tertiary/aromatic N) is 4. The summed E-state index contributed by atoms with van der Waals surface area (Å²) >= 11 is 0. The summed E-state index contributed by atoms with van der Waals surface area (Å²) in [5.41, 5.74) is 6.99. The molecule has 0 fully saturated rings. The monoisotopic (exact) mass is 338 g/mol. The molecule has 26 heavy (non-hydrogen) atoms. The first-order valence-electron chi connectivity index (χ1n) is 8.51. The Kier molecular flexibility index (Phi) is 4.23. The molecule has 0 aromatic carbocycles. The zero-order valence-corrected chi connectivity index (χ0v) is 14.7. The fourth-order valence-electron chi connectivity index (χ4n) is 2.81. The summed E-state index contributed by atoms with van der Waals surface area (Å²) in [7, 11) is 0. The van der Waals surface area contributed by atoms with Crippen LogP contribution in [0.4, 0.5) is 0 Å². The van der Waals surface area contributed by atoms with E-state index < -0.39 is 0 Å². The van der Waals surface area contributed by atoms with Gasteiger partial charge in [0, 0.05) is 11.4 Å². The number of aromatic nitrogens is 4. The molecule has 4 aromatic heterocycles. The minimum absolute atomic E-state index is 0.820. The van der Waals surface area contributed by atoms with Gasteiger partial charge in [0.2, 0.25) is 0 Å². The maximum atomic E-state index is 4.76. The summed E-state index contributed by atoms with van der Waals surface area (Å²) in [5.74, 6) is 0. The van der Waals surface area contributed by atoms with E-state index in [0.717, 1.165) is 45.6 Å². The second-order valence-corrected chi connectivity index (χ2v) is 6.14. The van der Waals surface area contributed by atoms with Crippen molar-refractivity contribution in [1.29, 1.82) is 0 Å². The predicted octanol–water partition coefficient (Wildman–Crippen LogP) is 4.88. The molecule has 4 aromatic rings. The second-order valence-electron chi connectivity index (χ2n) is 6.14. The summed E-state index contributed by atoms with van der Waals surface area (Å²) in [6.45, 7) is 3.96. The van der Waals surface area contributed by atoms with Gasteiger partial charge in [-0.1, -0.05) is 24.3 Å². The van der Waals surface area contributed by atoms with Crippen molar-refractivity contribution in [1.82, 2.24) is 19.9 Å². The van der Waals surface area contributed by atoms with Crippen LogP contribution in [0.25, 0.3) is 34.2 Å². The quantitative estimate of drug-likeness (QED) is 0.534. The van der Waals surface area contributed by atoms with Crippen LogP contribution in [0.15, 0.2) is 72.8 Å². The molecule has 0 atom stereocenters. The van der Waals surface area contributed by atoms with Crippen molar-refractivity contribution < 1.29 is 0 Å². The molecule has 4 heterocycles. The summed E-state index contributed by atoms with van der Waals surface area (Å²) in [4.78, 5) is 18.6. The Morgan fingerprint density at radius 3 is 0.962 bits per heavy atom. The Morgan fingerprint density at radius 2 is 0.654 bits per heavy atom. The lowest BCUT2D eigenvalue weighted by molar-refractivity contribution is 1.16. The molecule has 0 spiro atoms. The van der Waals surface area contributed by atoms with Gasteiger partial charge in [-0.05, 0) is 62.4 Å². The van der Waals surface area contributed by atoms with Crippen LogP contribution >= 0.6 is 0 Å². The lowest BCUT2D eigenvalue weighted by atomic mass is 10.1. The lowest BCUT2D eigenvalue weighted by Crippen LogP contribution is -1.95. The van der Waals surface area contributed by atoms with E-state index in [0.29, 0.717) is 0 Å². The maximum Gasteiger partial charge on any atom is 0.0894 e. The van der Waals surface area contributed by atoms with Crippen LogP contribution in [0.3, 0.4) is 0 Å². The predicted molar refractivity (Wildman–Crippen MR) is 103 cm³/mol. The molecule has 126 valence electrons. The molecule has 4 heteroatoms. The van der Waals surface area contributed by atoms with Gasteiger partial charge in [0.15, 0.2) is 0 Å². The zero-order valence-electron chi connectivity index (χ0n) is 14.7. The van der Waals surface area contributed by atoms with E-state index in [1.165, 1.54) is 0 Å². The highest BCUT2D eigenvalue weighted by molar-refractivity contribution is 5.64. The molecule has 0 radical (unpaired) electrons. The van der Waals surface area contributed by atoms with Gasteiger partial charge in [0.25, 0.3) is 0 Å². The number of aryl methyl sites for hydroxylation is 2. The minimum Gasteiger partial charge on any atom is -0.251 e. The van der Waals surface area contributed by atoms with E-state index in [9.17, 15) is 0 Å². The molecule has 4 nitrogen and oxygen atoms in total. The molecule has 0 aliphatic heterocycles. The van der Waals surface area contributed by atoms with Crippen molar-refractivity contribution in [3.8, 4) is 34.2 Å². The third-order valence-corrected chi connectivity index (χ3v) is 4.06. The molecule has 0 N–H and O–H groups in total. The topological polar surface area (TPSA) is 51.6 Å². The molecule has 0 aliphatic rings. The molecule has 0 saturated carbocycles. The van der Waals surface area contributed by atoms with Crippen LogP contribution in [0.2, 0.25) is 0 Å². The van der Waals surface area contributed by atoms with Crippen molar-refractivity contribution in [3.63, 3.8) is 0 Å². The Bertz CT molecular complexity index is 986. The first kappa shape index (κ1) is 16.1. The van der Waals surface area contributed by atoms with Gasteiger partial charge >= 0.3 is 0 Å². The van der Waals surface area contributed by atoms with E-state index in [4.69, 9.17) is 9.97 Å². The van der Waals surface area contributed by atoms with Gasteiger partial charge in [-0.2, -0.15) is 0 Å². The third-order valence-electron chi connectivity index (χ3n) is 4.06. The van der Waals surface area contributed by atoms with Crippen molar-refractivity contribution in [2.75, 3.05) is 0 Å². The van der Waals surface area contributed by atoms with E-state index in [2.05, 4.69) is 9.97 Å². The number of pyridine rings is 4. The Balaban J connectivity index is 1.75. The zero-order chi connectivity index (χ0) is 17.9. The average Bonchev–Trinajstić information content (AvgIpc) is 2.68. The van der Waals surface area contributed by atoms with Crippen LogP contribution in [-0.4, -0.2) is 19.9 Å². The van der Waals surface area contributed by atoms with Crippen LogP contribution in [0.1, 0.15) is 11.4 Å². The maximum absolute atomic E-state index is 4.76. The first-order chi connectivity index (χ1) is 12.7. The molecule has 0 bridgehead atoms. The van der Waals surface area contributed by atoms with Gasteiger partial charge < -0.3 is 0 Å². The normalized spacial score (nSPS) is 10.7. The van der Waals surface area contributed by atoms with E-state index >= 15 is 0 Å². The van der Waals surface area contributed by atoms with E-state index in [1.807, 2.05) is 86.6 Å². The van der Waals surface area contributed by atoms with Crippen LogP contribution in [-0.2, 0) is 0 Å². The van der Waals surface area contributed by atoms with Crippen molar-refractivity contribution in [2.45, 2.75) is 13.8 Å². The van der Waals surface area contributed by atoms with Gasteiger partial charge in [-0.25, -0.2) is 9.97 Å². The largest absolute Gasteiger partial charge is 0.251 e. The number of rotatable bonds is 3. The highest BCUT2D eigenvalue weighted by atomic mass is 14.8. The molecule has 0 amide bonds. The van der Waals surface area contributed by atoms with Crippen molar-refractivity contribution in [3.05, 3.63) is 84.2 Å². The fourth-order valence-corrected chi connectivity index (χ4v) is 2.81. The fraction of sp³-hybridized carbons (Fsp3) is 0.0909. The van der Waals surface area contributed by atoms with E-state index in [-0.39, 0.29) is 0 Å². The average molecular weight is 338 g/mol. The summed E-state index contributed by atoms with van der Waals surface area (Å²) in [5, 5.41) is 0. The lowest BCUT2D eigenvalue weighted by Gasteiger charge is -2.07. The molecular weight excluding hydrogens is 320 g/mol. The third kappa shape index (κ3) is 3.35. The first-order valence-corrected chi connectivity index (χ1v) is 8.51. The molecule has 0 aliphatic carbocycles. The highest BCUT2D eigenvalue weighted by Gasteiger charge is 2.08. The number of hydrogen-bond acceptors (Lipinski definition) is 4. The molecule has 0 unspecified atom stereocenters. The van der Waals surface area contributed by atoms with Crippen LogP contribution in [0, 0.1) is 13.8 Å². The van der Waals surface area contributed by atoms with Gasteiger partial charge in [0.1, 0.15) is 0 Å². The summed E-state index contributed by atoms with van der Waals surface area (Å²) in [6.07, 6.45) is 0. The Hall–Kier alpha value is -3.40. The molecule has 4 rings (SSSR count). The summed E-state index contributed by atoms with van der Waals surface area (Å²) in [6, 6.07) is 23.7. The van der Waals surface area contributed by atoms with Gasteiger partial charge in [0.05, 0.1) is 34.2 Å². The van der Waals surface area contributed by atoms with Gasteiger partial charge in [-0.3, -0.25) is 9.97 Å². The number of hydrogen-bond donors (Lipinski definition) is 0. The SMILES string of the molecule is Cc1cccc(-c2cccc(-c3cccc(-c4cccc(C)n4)n3)n2)n1. The smallest absolute Gasteiger partial charge is 0.0894 e. The minimum atomic E-state index is 0.820. The Labute approximate surface area is 152 Å². The molecule has 0 saturated heterocycles. The van der Waals surface area contributed by atoms with Crippen molar-refractivity contribution >= 4 is 0 Å². The standard InChI is InChI=1S/C22H18N4/c1-15-7-3-9-17(23-15)19-11-5-13-21(25-19)22-14-6-12-20(26-22)18-10-4-8-16(2)24-18/h3-14H,1-2H3. The van der Waals surface area contributed by atoms with Crippen LogP contribution < -0.4 is 0 Å². The Morgan fingerprint density at radius 1 is 0.385 bits per heavy atom. The molecular formula is C22H18N4. The highest BCUT2D eigenvalue weighted by Crippen LogP contribution is 2.23. The van der Waals surface area contributed by atoms with Crippen LogP contribution in [0.5, 0.6) is 0 Å². The second kappa shape index (κ2) is 6.84. The van der Waals surface area contributed by atoms with E-state index in [1.54, 1.807) is 0 Å². The van der Waals surface area contributed by atoms with Gasteiger partial charge in [-0.15, -0.1) is 0 Å².